The fourth-order valence-electron chi connectivity index (χ4n) is 1.93. The lowest BCUT2D eigenvalue weighted by Crippen LogP contribution is -2.28. The largest absolute Gasteiger partial charge is 0.464 e. The van der Waals surface area contributed by atoms with Crippen LogP contribution in [0.3, 0.4) is 0 Å². The topological polar surface area (TPSA) is 55.4 Å². The summed E-state index contributed by atoms with van der Waals surface area (Å²) < 4.78 is 44.9. The van der Waals surface area contributed by atoms with E-state index >= 15 is 0 Å². The highest BCUT2D eigenvalue weighted by Crippen LogP contribution is 2.33. The van der Waals surface area contributed by atoms with Crippen LogP contribution in [0.1, 0.15) is 15.9 Å². The Morgan fingerprint density at radius 3 is 2.15 bits per heavy atom. The molecule has 0 heterocycles. The molecule has 0 aliphatic carbocycles. The van der Waals surface area contributed by atoms with E-state index in [4.69, 9.17) is 0 Å². The maximum atomic E-state index is 14.3. The van der Waals surface area contributed by atoms with Gasteiger partial charge >= 0.3 is 5.97 Å². The summed E-state index contributed by atoms with van der Waals surface area (Å²) in [6, 6.07) is 7.90. The molecule has 0 saturated heterocycles. The first kappa shape index (κ1) is 20.2. The molecule has 136 valence electrons. The second-order valence-corrected chi connectivity index (χ2v) is 6.44. The van der Waals surface area contributed by atoms with E-state index in [1.54, 1.807) is 18.2 Å². The van der Waals surface area contributed by atoms with Crippen molar-refractivity contribution in [1.82, 2.24) is 5.32 Å². The van der Waals surface area contributed by atoms with Crippen LogP contribution in [0.2, 0.25) is 0 Å². The van der Waals surface area contributed by atoms with Crippen molar-refractivity contribution in [2.75, 3.05) is 7.11 Å². The number of rotatable bonds is 4. The van der Waals surface area contributed by atoms with E-state index in [0.717, 1.165) is 13.2 Å². The molecular weight excluding hydrogens is 483 g/mol. The SMILES string of the molecule is COC(=O)/C(=C/c1c(F)c(Br)c(F)c(F)c1Br)NC(=O)c1ccccc1. The minimum Gasteiger partial charge on any atom is -0.464 e. The fourth-order valence-corrected chi connectivity index (χ4v) is 2.78. The first-order chi connectivity index (χ1) is 12.3. The summed E-state index contributed by atoms with van der Waals surface area (Å²) in [6.45, 7) is 0. The summed E-state index contributed by atoms with van der Waals surface area (Å²) in [6.07, 6.45) is 0.847. The molecule has 2 rings (SSSR count). The lowest BCUT2D eigenvalue weighted by atomic mass is 10.1. The van der Waals surface area contributed by atoms with Crippen LogP contribution in [0.4, 0.5) is 13.2 Å². The molecule has 1 N–H and O–H groups in total. The quantitative estimate of drug-likeness (QED) is 0.294. The highest BCUT2D eigenvalue weighted by molar-refractivity contribution is 9.11. The minimum absolute atomic E-state index is 0.230. The summed E-state index contributed by atoms with van der Waals surface area (Å²) in [7, 11) is 1.05. The maximum Gasteiger partial charge on any atom is 0.354 e. The van der Waals surface area contributed by atoms with Crippen LogP contribution in [0.25, 0.3) is 6.08 Å². The third-order valence-corrected chi connectivity index (χ3v) is 4.69. The Balaban J connectivity index is 2.52. The Kier molecular flexibility index (Phi) is 6.60. The molecule has 9 heteroatoms. The molecule has 0 saturated carbocycles. The van der Waals surface area contributed by atoms with Crippen LogP contribution in [0.15, 0.2) is 45.0 Å². The summed E-state index contributed by atoms with van der Waals surface area (Å²) in [4.78, 5) is 24.1. The summed E-state index contributed by atoms with van der Waals surface area (Å²) >= 11 is 5.34. The summed E-state index contributed by atoms with van der Waals surface area (Å²) in [5.41, 5.74) is -0.711. The monoisotopic (exact) mass is 491 g/mol. The van der Waals surface area contributed by atoms with Gasteiger partial charge in [-0.25, -0.2) is 18.0 Å². The van der Waals surface area contributed by atoms with Gasteiger partial charge in [0.15, 0.2) is 11.6 Å². The van der Waals surface area contributed by atoms with Crippen molar-refractivity contribution in [3.63, 3.8) is 0 Å². The van der Waals surface area contributed by atoms with Crippen molar-refractivity contribution >= 4 is 49.8 Å². The number of halogens is 5. The Labute approximate surface area is 163 Å². The van der Waals surface area contributed by atoms with Gasteiger partial charge in [-0.1, -0.05) is 18.2 Å². The van der Waals surface area contributed by atoms with Crippen LogP contribution in [0.5, 0.6) is 0 Å². The lowest BCUT2D eigenvalue weighted by Gasteiger charge is -2.11. The number of nitrogens with one attached hydrogen (secondary N) is 1. The van der Waals surface area contributed by atoms with E-state index in [-0.39, 0.29) is 5.56 Å². The van der Waals surface area contributed by atoms with Crippen LogP contribution in [-0.2, 0) is 9.53 Å². The van der Waals surface area contributed by atoms with Gasteiger partial charge in [0, 0.05) is 11.1 Å². The first-order valence-electron chi connectivity index (χ1n) is 6.95. The fraction of sp³-hybridized carbons (Fsp3) is 0.0588. The van der Waals surface area contributed by atoms with E-state index in [9.17, 15) is 22.8 Å². The van der Waals surface area contributed by atoms with Crippen LogP contribution in [0, 0.1) is 17.5 Å². The first-order valence-corrected chi connectivity index (χ1v) is 8.54. The van der Waals surface area contributed by atoms with Gasteiger partial charge in [-0.3, -0.25) is 4.79 Å². The number of methoxy groups -OCH3 is 1. The van der Waals surface area contributed by atoms with Crippen molar-refractivity contribution in [2.45, 2.75) is 0 Å². The number of carbonyl (C=O) groups excluding carboxylic acids is 2. The second-order valence-electron chi connectivity index (χ2n) is 4.85. The molecule has 0 fully saturated rings. The van der Waals surface area contributed by atoms with Crippen molar-refractivity contribution in [3.05, 3.63) is 73.6 Å². The van der Waals surface area contributed by atoms with Gasteiger partial charge in [-0.15, -0.1) is 0 Å². The van der Waals surface area contributed by atoms with Gasteiger partial charge in [-0.05, 0) is 50.1 Å². The average Bonchev–Trinajstić information content (AvgIpc) is 2.67. The second kappa shape index (κ2) is 8.50. The average molecular weight is 493 g/mol. The third-order valence-electron chi connectivity index (χ3n) is 3.22. The Bertz CT molecular complexity index is 873. The van der Waals surface area contributed by atoms with E-state index in [1.165, 1.54) is 12.1 Å². The third kappa shape index (κ3) is 4.16. The van der Waals surface area contributed by atoms with Gasteiger partial charge in [0.1, 0.15) is 11.5 Å². The Morgan fingerprint density at radius 2 is 1.58 bits per heavy atom. The Hall–Kier alpha value is -2.13. The van der Waals surface area contributed by atoms with Crippen molar-refractivity contribution in [2.24, 2.45) is 0 Å². The molecule has 0 bridgehead atoms. The molecule has 0 atom stereocenters. The number of hydrogen-bond donors (Lipinski definition) is 1. The molecule has 4 nitrogen and oxygen atoms in total. The molecule has 26 heavy (non-hydrogen) atoms. The molecule has 0 aliphatic rings. The number of benzene rings is 2. The molecule has 0 radical (unpaired) electrons. The van der Waals surface area contributed by atoms with Crippen molar-refractivity contribution in [3.8, 4) is 0 Å². The molecular formula is C17H10Br2F3NO3. The summed E-state index contributed by atoms with van der Waals surface area (Å²) in [5, 5.41) is 2.27. The predicted octanol–water partition coefficient (Wildman–Crippen LogP) is 4.57. The van der Waals surface area contributed by atoms with E-state index in [0.29, 0.717) is 0 Å². The molecule has 2 aromatic carbocycles. The molecule has 0 unspecified atom stereocenters. The highest BCUT2D eigenvalue weighted by Gasteiger charge is 2.23. The van der Waals surface area contributed by atoms with Gasteiger partial charge in [0.2, 0.25) is 0 Å². The van der Waals surface area contributed by atoms with E-state index in [2.05, 4.69) is 41.9 Å². The normalized spacial score (nSPS) is 11.2. The zero-order chi connectivity index (χ0) is 19.4. The van der Waals surface area contributed by atoms with Gasteiger partial charge < -0.3 is 10.1 Å². The standard InChI is InChI=1S/C17H10Br2F3NO3/c1-26-17(25)10(23-16(24)8-5-3-2-4-6-8)7-9-11(18)14(21)15(22)12(19)13(9)20/h2-7H,1H3,(H,23,24)/b10-7-. The number of esters is 1. The highest BCUT2D eigenvalue weighted by atomic mass is 79.9. The molecule has 0 aliphatic heterocycles. The van der Waals surface area contributed by atoms with Crippen LogP contribution < -0.4 is 5.32 Å². The van der Waals surface area contributed by atoms with Crippen LogP contribution in [-0.4, -0.2) is 19.0 Å². The number of hydrogen-bond acceptors (Lipinski definition) is 3. The zero-order valence-corrected chi connectivity index (χ0v) is 16.3. The lowest BCUT2D eigenvalue weighted by molar-refractivity contribution is -0.136. The zero-order valence-electron chi connectivity index (χ0n) is 13.1. The van der Waals surface area contributed by atoms with E-state index < -0.39 is 49.5 Å². The Morgan fingerprint density at radius 1 is 1.00 bits per heavy atom. The summed E-state index contributed by atoms with van der Waals surface area (Å²) in [5.74, 6) is -5.62. The number of ether oxygens (including phenoxy) is 1. The predicted molar refractivity (Wildman–Crippen MR) is 95.6 cm³/mol. The van der Waals surface area contributed by atoms with Crippen LogP contribution >= 0.6 is 31.9 Å². The molecule has 0 spiro atoms. The maximum absolute atomic E-state index is 14.3. The molecule has 0 aromatic heterocycles. The van der Waals surface area contributed by atoms with E-state index in [1.807, 2.05) is 0 Å². The van der Waals surface area contributed by atoms with Gasteiger partial charge in [0.25, 0.3) is 5.91 Å². The number of amides is 1. The van der Waals surface area contributed by atoms with Crippen molar-refractivity contribution in [1.29, 1.82) is 0 Å². The molecule has 2 aromatic rings. The smallest absolute Gasteiger partial charge is 0.354 e. The van der Waals surface area contributed by atoms with Gasteiger partial charge in [-0.2, -0.15) is 0 Å². The van der Waals surface area contributed by atoms with Gasteiger partial charge in [0.05, 0.1) is 16.1 Å². The molecule has 1 amide bonds. The number of carbonyl (C=O) groups is 2. The minimum atomic E-state index is -1.43. The van der Waals surface area contributed by atoms with Crippen molar-refractivity contribution < 1.29 is 27.5 Å².